The number of rotatable bonds is 15. The Hall–Kier alpha value is -0.0400. The first-order valence-electron chi connectivity index (χ1n) is 8.36. The van der Waals surface area contributed by atoms with Gasteiger partial charge < -0.3 is 4.79 Å². The molecule has 1 nitrogen and oxygen atoms in total. The molecule has 0 aliphatic rings. The molecule has 0 saturated heterocycles. The molecule has 114 valence electrons. The van der Waals surface area contributed by atoms with Crippen molar-refractivity contribution in [2.24, 2.45) is 5.92 Å². The van der Waals surface area contributed by atoms with Gasteiger partial charge in [0.2, 0.25) is 0 Å². The van der Waals surface area contributed by atoms with Crippen LogP contribution in [-0.4, -0.2) is 12.2 Å². The van der Waals surface area contributed by atoms with Gasteiger partial charge in [0.25, 0.3) is 0 Å². The first-order chi connectivity index (χ1) is 9.35. The van der Waals surface area contributed by atoms with Crippen LogP contribution in [0.5, 0.6) is 0 Å². The van der Waals surface area contributed by atoms with E-state index in [2.05, 4.69) is 6.92 Å². The van der Waals surface area contributed by atoms with Crippen molar-refractivity contribution >= 4 is 17.9 Å². The number of carbonyl (C=O) groups is 1. The lowest BCUT2D eigenvalue weighted by molar-refractivity contribution is -0.111. The second-order valence-electron chi connectivity index (χ2n) is 5.70. The number of halogens is 1. The molecule has 0 aliphatic carbocycles. The van der Waals surface area contributed by atoms with Crippen LogP contribution in [0.3, 0.4) is 0 Å². The maximum atomic E-state index is 10.7. The summed E-state index contributed by atoms with van der Waals surface area (Å²) in [5.74, 6) is 0.817. The monoisotopic (exact) mass is 288 g/mol. The van der Waals surface area contributed by atoms with E-state index in [9.17, 15) is 4.79 Å². The molecule has 0 aromatic carbocycles. The van der Waals surface area contributed by atoms with E-state index in [0.717, 1.165) is 19.1 Å². The second kappa shape index (κ2) is 16.0. The van der Waals surface area contributed by atoms with Crippen LogP contribution < -0.4 is 0 Å². The highest BCUT2D eigenvalue weighted by molar-refractivity contribution is 6.17. The lowest BCUT2D eigenvalue weighted by atomic mass is 9.99. The van der Waals surface area contributed by atoms with Crippen LogP contribution in [0.4, 0.5) is 0 Å². The summed E-state index contributed by atoms with van der Waals surface area (Å²) in [6, 6.07) is 0. The Morgan fingerprint density at radius 1 is 0.789 bits per heavy atom. The fraction of sp³-hybridized carbons (Fsp3) is 0.941. The van der Waals surface area contributed by atoms with Crippen molar-refractivity contribution in [2.45, 2.75) is 90.4 Å². The summed E-state index contributed by atoms with van der Waals surface area (Å²) in [7, 11) is 0. The molecule has 0 fully saturated rings. The van der Waals surface area contributed by atoms with E-state index in [1.54, 1.807) is 0 Å². The molecular weight excluding hydrogens is 256 g/mol. The van der Waals surface area contributed by atoms with Gasteiger partial charge in [-0.2, -0.15) is 0 Å². The van der Waals surface area contributed by atoms with Gasteiger partial charge in [-0.05, 0) is 12.8 Å². The lowest BCUT2D eigenvalue weighted by Crippen LogP contribution is -2.02. The lowest BCUT2D eigenvalue weighted by Gasteiger charge is -2.07. The first kappa shape index (κ1) is 19.0. The summed E-state index contributed by atoms with van der Waals surface area (Å²) in [5, 5.41) is 0. The number of hydrogen-bond donors (Lipinski definition) is 0. The average Bonchev–Trinajstić information content (AvgIpc) is 2.43. The van der Waals surface area contributed by atoms with E-state index in [1.807, 2.05) is 0 Å². The Morgan fingerprint density at radius 2 is 1.26 bits per heavy atom. The molecule has 0 heterocycles. The highest BCUT2D eigenvalue weighted by Gasteiger charge is 2.05. The summed E-state index contributed by atoms with van der Waals surface area (Å²) in [4.78, 5) is 10.7. The fourth-order valence-electron chi connectivity index (χ4n) is 2.49. The van der Waals surface area contributed by atoms with Crippen molar-refractivity contribution in [1.82, 2.24) is 0 Å². The summed E-state index contributed by atoms with van der Waals surface area (Å²) in [6.45, 7) is 2.27. The van der Waals surface area contributed by atoms with Crippen molar-refractivity contribution in [3.05, 3.63) is 0 Å². The Kier molecular flexibility index (Phi) is 16.0. The quantitative estimate of drug-likeness (QED) is 0.201. The van der Waals surface area contributed by atoms with Crippen LogP contribution >= 0.6 is 11.6 Å². The third-order valence-corrected chi connectivity index (χ3v) is 4.07. The molecule has 1 unspecified atom stereocenters. The molecule has 1 atom stereocenters. The Bertz CT molecular complexity index is 182. The molecule has 0 radical (unpaired) electrons. The third-order valence-electron chi connectivity index (χ3n) is 3.85. The molecule has 0 aromatic rings. The molecule has 0 spiro atoms. The van der Waals surface area contributed by atoms with Crippen LogP contribution in [0.25, 0.3) is 0 Å². The maximum absolute atomic E-state index is 10.7. The van der Waals surface area contributed by atoms with E-state index in [0.29, 0.717) is 5.88 Å². The Labute approximate surface area is 125 Å². The van der Waals surface area contributed by atoms with E-state index in [-0.39, 0.29) is 5.92 Å². The molecule has 0 amide bonds. The predicted octanol–water partition coefficient (Wildman–Crippen LogP) is 6.13. The standard InChI is InChI=1S/C17H33ClO/c1-2-3-4-5-6-7-8-9-10-11-12-13-17(16-19)14-15-18/h16-17H,2-15H2,1H3. The maximum Gasteiger partial charge on any atom is 0.123 e. The van der Waals surface area contributed by atoms with Gasteiger partial charge in [0.1, 0.15) is 6.29 Å². The van der Waals surface area contributed by atoms with Gasteiger partial charge in [0.05, 0.1) is 0 Å². The van der Waals surface area contributed by atoms with Crippen molar-refractivity contribution in [2.75, 3.05) is 5.88 Å². The summed E-state index contributed by atoms with van der Waals surface area (Å²) >= 11 is 5.66. The van der Waals surface area contributed by atoms with Crippen LogP contribution in [0.2, 0.25) is 0 Å². The minimum absolute atomic E-state index is 0.205. The highest BCUT2D eigenvalue weighted by atomic mass is 35.5. The summed E-state index contributed by atoms with van der Waals surface area (Å²) in [5.41, 5.74) is 0. The summed E-state index contributed by atoms with van der Waals surface area (Å²) in [6.07, 6.45) is 18.0. The normalized spacial score (nSPS) is 12.5. The van der Waals surface area contributed by atoms with Gasteiger partial charge in [0, 0.05) is 11.8 Å². The van der Waals surface area contributed by atoms with Gasteiger partial charge >= 0.3 is 0 Å². The van der Waals surface area contributed by atoms with Crippen molar-refractivity contribution in [1.29, 1.82) is 0 Å². The minimum atomic E-state index is 0.205. The van der Waals surface area contributed by atoms with Crippen LogP contribution in [0.1, 0.15) is 90.4 Å². The fourth-order valence-corrected chi connectivity index (χ4v) is 2.77. The second-order valence-corrected chi connectivity index (χ2v) is 6.08. The van der Waals surface area contributed by atoms with Crippen LogP contribution in [0.15, 0.2) is 0 Å². The molecule has 0 N–H and O–H groups in total. The van der Waals surface area contributed by atoms with E-state index in [1.165, 1.54) is 70.6 Å². The molecule has 2 heteroatoms. The molecule has 0 saturated carbocycles. The van der Waals surface area contributed by atoms with Crippen molar-refractivity contribution in [3.8, 4) is 0 Å². The number of aldehydes is 1. The zero-order valence-corrected chi connectivity index (χ0v) is 13.6. The molecule has 19 heavy (non-hydrogen) atoms. The SMILES string of the molecule is CCCCCCCCCCCCCC(C=O)CCCl. The molecular formula is C17H33ClO. The van der Waals surface area contributed by atoms with Crippen molar-refractivity contribution in [3.63, 3.8) is 0 Å². The minimum Gasteiger partial charge on any atom is -0.303 e. The zero-order valence-electron chi connectivity index (χ0n) is 12.8. The number of hydrogen-bond acceptors (Lipinski definition) is 1. The first-order valence-corrected chi connectivity index (χ1v) is 8.89. The molecule has 0 rings (SSSR count). The van der Waals surface area contributed by atoms with Gasteiger partial charge in [-0.25, -0.2) is 0 Å². The Morgan fingerprint density at radius 3 is 1.68 bits per heavy atom. The number of alkyl halides is 1. The van der Waals surface area contributed by atoms with Gasteiger partial charge in [-0.3, -0.25) is 0 Å². The molecule has 0 aromatic heterocycles. The number of carbonyl (C=O) groups excluding carboxylic acids is 1. The van der Waals surface area contributed by atoms with Gasteiger partial charge in [-0.15, -0.1) is 11.6 Å². The van der Waals surface area contributed by atoms with Crippen LogP contribution in [0, 0.1) is 5.92 Å². The largest absolute Gasteiger partial charge is 0.303 e. The van der Waals surface area contributed by atoms with Gasteiger partial charge in [0.15, 0.2) is 0 Å². The smallest absolute Gasteiger partial charge is 0.123 e. The van der Waals surface area contributed by atoms with E-state index < -0.39 is 0 Å². The highest BCUT2D eigenvalue weighted by Crippen LogP contribution is 2.15. The van der Waals surface area contributed by atoms with E-state index >= 15 is 0 Å². The predicted molar refractivity (Wildman–Crippen MR) is 86.0 cm³/mol. The third kappa shape index (κ3) is 14.2. The molecule has 0 aliphatic heterocycles. The van der Waals surface area contributed by atoms with Gasteiger partial charge in [-0.1, -0.05) is 77.6 Å². The zero-order chi connectivity index (χ0) is 14.2. The van der Waals surface area contributed by atoms with E-state index in [4.69, 9.17) is 11.6 Å². The molecule has 0 bridgehead atoms. The average molecular weight is 289 g/mol. The van der Waals surface area contributed by atoms with Crippen LogP contribution in [-0.2, 0) is 4.79 Å². The van der Waals surface area contributed by atoms with Crippen molar-refractivity contribution < 1.29 is 4.79 Å². The number of unbranched alkanes of at least 4 members (excludes halogenated alkanes) is 10. The Balaban J connectivity index is 3.11. The topological polar surface area (TPSA) is 17.1 Å². The summed E-state index contributed by atoms with van der Waals surface area (Å²) < 4.78 is 0.